The summed E-state index contributed by atoms with van der Waals surface area (Å²) >= 11 is 0. The molecule has 2 unspecified atom stereocenters. The first-order valence-corrected chi connectivity index (χ1v) is 21.2. The average molecular weight is 721 g/mol. The third-order valence-electron chi connectivity index (χ3n) is 9.97. The van der Waals surface area contributed by atoms with Crippen LogP contribution in [-0.2, 0) is 9.59 Å². The molecular formula is C42H84CaN2O4. The van der Waals surface area contributed by atoms with Crippen molar-refractivity contribution in [1.82, 2.24) is 9.80 Å². The van der Waals surface area contributed by atoms with E-state index in [1.54, 1.807) is 13.8 Å². The molecule has 0 aromatic rings. The van der Waals surface area contributed by atoms with Gasteiger partial charge in [-0.1, -0.05) is 182 Å². The zero-order valence-corrected chi connectivity index (χ0v) is 36.2. The largest absolute Gasteiger partial charge is 2.00 e. The molecule has 0 aliphatic rings. The van der Waals surface area contributed by atoms with Gasteiger partial charge >= 0.3 is 37.7 Å². The van der Waals surface area contributed by atoms with Gasteiger partial charge in [-0.3, -0.25) is 9.80 Å². The fourth-order valence-corrected chi connectivity index (χ4v) is 6.38. The number of carbonyl (C=O) groups is 2. The Morgan fingerprint density at radius 2 is 0.531 bits per heavy atom. The van der Waals surface area contributed by atoms with Crippen molar-refractivity contribution in [3.63, 3.8) is 0 Å². The van der Waals surface area contributed by atoms with Crippen molar-refractivity contribution in [3.05, 3.63) is 0 Å². The smallest absolute Gasteiger partial charge is 0.548 e. The molecule has 0 aromatic carbocycles. The standard InChI is InChI=1S/2C21H43NO2.Ca/c2*1-4-6-8-10-12-14-16-18-22(20(3)21(23)24)19-17-15-13-11-9-7-5-2;/h2*20H,4-19H2,1-3H3,(H,23,24);/q;;+2/p-2. The summed E-state index contributed by atoms with van der Waals surface area (Å²) in [5.41, 5.74) is 0. The van der Waals surface area contributed by atoms with E-state index in [4.69, 9.17) is 0 Å². The molecule has 0 amide bonds. The van der Waals surface area contributed by atoms with Crippen molar-refractivity contribution < 1.29 is 19.8 Å². The van der Waals surface area contributed by atoms with Crippen LogP contribution in [-0.4, -0.2) is 97.7 Å². The van der Waals surface area contributed by atoms with Crippen LogP contribution < -0.4 is 10.2 Å². The number of hydrogen-bond acceptors (Lipinski definition) is 6. The van der Waals surface area contributed by atoms with Gasteiger partial charge in [0.05, 0.1) is 11.9 Å². The molecule has 0 radical (unpaired) electrons. The molecule has 0 aromatic heterocycles. The Hall–Kier alpha value is 0.120. The van der Waals surface area contributed by atoms with E-state index < -0.39 is 24.0 Å². The Kier molecular flexibility index (Phi) is 46.4. The molecule has 0 aliphatic heterocycles. The summed E-state index contributed by atoms with van der Waals surface area (Å²) in [5.74, 6) is -1.86. The monoisotopic (exact) mass is 721 g/mol. The fourth-order valence-electron chi connectivity index (χ4n) is 6.38. The zero-order valence-electron chi connectivity index (χ0n) is 34.0. The Balaban J connectivity index is -0.000000846. The summed E-state index contributed by atoms with van der Waals surface area (Å²) < 4.78 is 0. The first-order chi connectivity index (χ1) is 23.3. The molecule has 0 spiro atoms. The zero-order chi connectivity index (χ0) is 36.1. The summed E-state index contributed by atoms with van der Waals surface area (Å²) in [4.78, 5) is 26.6. The number of hydrogen-bond donors (Lipinski definition) is 0. The first kappa shape index (κ1) is 53.5. The summed E-state index contributed by atoms with van der Waals surface area (Å²) in [6.07, 6.45) is 35.6. The maximum absolute atomic E-state index is 11.2. The molecule has 0 bridgehead atoms. The summed E-state index contributed by atoms with van der Waals surface area (Å²) in [5, 5.41) is 22.4. The Bertz CT molecular complexity index is 589. The van der Waals surface area contributed by atoms with Crippen LogP contribution in [0, 0.1) is 0 Å². The van der Waals surface area contributed by atoms with Crippen LogP contribution in [0.4, 0.5) is 0 Å². The average Bonchev–Trinajstić information content (AvgIpc) is 3.07. The third-order valence-corrected chi connectivity index (χ3v) is 9.97. The van der Waals surface area contributed by atoms with Crippen LogP contribution >= 0.6 is 0 Å². The van der Waals surface area contributed by atoms with E-state index in [0.717, 1.165) is 51.9 Å². The van der Waals surface area contributed by atoms with Gasteiger partial charge in [0.15, 0.2) is 0 Å². The summed E-state index contributed by atoms with van der Waals surface area (Å²) in [6, 6.07) is -0.907. The second kappa shape index (κ2) is 42.5. The van der Waals surface area contributed by atoms with E-state index in [2.05, 4.69) is 37.5 Å². The second-order valence-electron chi connectivity index (χ2n) is 14.5. The van der Waals surface area contributed by atoms with Gasteiger partial charge in [-0.15, -0.1) is 0 Å². The number of carboxylic acid groups (broad SMARTS) is 2. The molecule has 7 heteroatoms. The minimum atomic E-state index is -0.930. The van der Waals surface area contributed by atoms with Crippen LogP contribution in [0.15, 0.2) is 0 Å². The molecule has 0 aliphatic carbocycles. The van der Waals surface area contributed by atoms with Gasteiger partial charge in [-0.2, -0.15) is 0 Å². The van der Waals surface area contributed by atoms with Crippen molar-refractivity contribution >= 4 is 49.7 Å². The van der Waals surface area contributed by atoms with Crippen LogP contribution in [0.25, 0.3) is 0 Å². The molecule has 0 heterocycles. The number of rotatable bonds is 36. The molecule has 49 heavy (non-hydrogen) atoms. The molecular weight excluding hydrogens is 637 g/mol. The van der Waals surface area contributed by atoms with Gasteiger partial charge in [-0.25, -0.2) is 0 Å². The van der Waals surface area contributed by atoms with Crippen molar-refractivity contribution in [2.24, 2.45) is 0 Å². The van der Waals surface area contributed by atoms with Crippen LogP contribution in [0.3, 0.4) is 0 Å². The van der Waals surface area contributed by atoms with Crippen molar-refractivity contribution in [1.29, 1.82) is 0 Å². The van der Waals surface area contributed by atoms with Crippen LogP contribution in [0.1, 0.15) is 221 Å². The number of carbonyl (C=O) groups excluding carboxylic acids is 2. The SMILES string of the molecule is CCCCCCCCCN(CCCCCCCCC)C(C)C(=O)[O-].CCCCCCCCCN(CCCCCCCCC)C(C)C(=O)[O-].[Ca+2]. The summed E-state index contributed by atoms with van der Waals surface area (Å²) in [7, 11) is 0. The van der Waals surface area contributed by atoms with E-state index in [1.165, 1.54) is 154 Å². The van der Waals surface area contributed by atoms with E-state index in [1.807, 2.05) is 0 Å². The van der Waals surface area contributed by atoms with Gasteiger partial charge in [-0.05, 0) is 65.7 Å². The molecule has 288 valence electrons. The van der Waals surface area contributed by atoms with Gasteiger partial charge in [0.25, 0.3) is 0 Å². The molecule has 6 nitrogen and oxygen atoms in total. The van der Waals surface area contributed by atoms with Crippen molar-refractivity contribution in [3.8, 4) is 0 Å². The van der Waals surface area contributed by atoms with E-state index in [0.29, 0.717) is 0 Å². The number of nitrogens with zero attached hydrogens (tertiary/aromatic N) is 2. The van der Waals surface area contributed by atoms with Gasteiger partial charge < -0.3 is 19.8 Å². The fraction of sp³-hybridized carbons (Fsp3) is 0.952. The maximum atomic E-state index is 11.2. The van der Waals surface area contributed by atoms with Gasteiger partial charge in [0.2, 0.25) is 0 Å². The molecule has 0 N–H and O–H groups in total. The van der Waals surface area contributed by atoms with Crippen molar-refractivity contribution in [2.45, 2.75) is 233 Å². The number of carboxylic acids is 2. The number of aliphatic carboxylic acids is 2. The molecule has 0 fully saturated rings. The Labute approximate surface area is 336 Å². The second-order valence-corrected chi connectivity index (χ2v) is 14.5. The van der Waals surface area contributed by atoms with E-state index in [9.17, 15) is 19.8 Å². The minimum Gasteiger partial charge on any atom is -0.548 e. The molecule has 0 rings (SSSR count). The Morgan fingerprint density at radius 1 is 0.367 bits per heavy atom. The van der Waals surface area contributed by atoms with Gasteiger partial charge in [0.1, 0.15) is 0 Å². The Morgan fingerprint density at radius 3 is 0.694 bits per heavy atom. The summed E-state index contributed by atoms with van der Waals surface area (Å²) in [6.45, 7) is 16.1. The normalized spacial score (nSPS) is 12.4. The first-order valence-electron chi connectivity index (χ1n) is 21.2. The number of unbranched alkanes of at least 4 members (excludes halogenated alkanes) is 24. The van der Waals surface area contributed by atoms with E-state index in [-0.39, 0.29) is 37.7 Å². The predicted molar refractivity (Wildman–Crippen MR) is 210 cm³/mol. The van der Waals surface area contributed by atoms with Crippen LogP contribution in [0.5, 0.6) is 0 Å². The van der Waals surface area contributed by atoms with Gasteiger partial charge in [0, 0.05) is 12.1 Å². The minimum absolute atomic E-state index is 0. The quantitative estimate of drug-likeness (QED) is 0.0474. The maximum Gasteiger partial charge on any atom is 2.00 e. The molecule has 0 saturated heterocycles. The van der Waals surface area contributed by atoms with E-state index >= 15 is 0 Å². The molecule has 2 atom stereocenters. The van der Waals surface area contributed by atoms with Crippen molar-refractivity contribution in [2.75, 3.05) is 26.2 Å². The third kappa shape index (κ3) is 37.7. The predicted octanol–water partition coefficient (Wildman–Crippen LogP) is 9.48. The topological polar surface area (TPSA) is 86.7 Å². The van der Waals surface area contributed by atoms with Crippen LogP contribution in [0.2, 0.25) is 0 Å². The molecule has 0 saturated carbocycles.